The summed E-state index contributed by atoms with van der Waals surface area (Å²) in [4.78, 5) is 33.6. The molecule has 2 amide bonds. The van der Waals surface area contributed by atoms with Gasteiger partial charge in [0.15, 0.2) is 5.16 Å². The maximum absolute atomic E-state index is 12.2. The number of thioether (sulfide) groups is 1. The minimum absolute atomic E-state index is 0.0841. The number of carbonyl (C=O) groups is 2. The van der Waals surface area contributed by atoms with Crippen molar-refractivity contribution in [3.05, 3.63) is 29.1 Å². The molecule has 2 aliphatic rings. The van der Waals surface area contributed by atoms with Gasteiger partial charge in [0.2, 0.25) is 0 Å². The van der Waals surface area contributed by atoms with E-state index >= 15 is 0 Å². The number of hydrogen-bond donors (Lipinski definition) is 2. The van der Waals surface area contributed by atoms with Crippen molar-refractivity contribution >= 4 is 23.8 Å². The van der Waals surface area contributed by atoms with Crippen molar-refractivity contribution < 1.29 is 14.3 Å². The molecule has 0 bridgehead atoms. The van der Waals surface area contributed by atoms with Gasteiger partial charge in [0.1, 0.15) is 5.60 Å². The second-order valence-electron chi connectivity index (χ2n) is 9.52. The topological polar surface area (TPSA) is 112 Å². The number of carbonyl (C=O) groups excluding carboxylic acids is 2. The van der Waals surface area contributed by atoms with Gasteiger partial charge in [-0.05, 0) is 76.7 Å². The maximum Gasteiger partial charge on any atom is 0.407 e. The highest BCUT2D eigenvalue weighted by Gasteiger charge is 2.32. The number of ether oxygens (including phenoxy) is 1. The second kappa shape index (κ2) is 8.77. The molecule has 0 spiro atoms. The third-order valence-corrected chi connectivity index (χ3v) is 6.67. The van der Waals surface area contributed by atoms with Crippen LogP contribution in [0.15, 0.2) is 17.6 Å². The number of hydrogen-bond acceptors (Lipinski definition) is 6. The molecule has 172 valence electrons. The highest BCUT2D eigenvalue weighted by atomic mass is 32.2. The fourth-order valence-electron chi connectivity index (χ4n) is 4.69. The summed E-state index contributed by atoms with van der Waals surface area (Å²) in [6.07, 6.45) is 10.4. The minimum atomic E-state index is -0.512. The number of rotatable bonds is 4. The summed E-state index contributed by atoms with van der Waals surface area (Å²) in [5, 5.41) is 3.71. The molecule has 0 atom stereocenters. The Hall–Kier alpha value is -2.55. The standard InChI is InChI=1S/C23H31N5O3S/c1-23(2,3)31-22(30)26-14-6-8-15(9-7-14)28-12-17(20(24)29)16-10-5-13-11-25-21(32-4)27-18(13)19(16)28/h11-12,14-15H,5-10H2,1-4H3,(H2,24,29)(H,26,30). The summed E-state index contributed by atoms with van der Waals surface area (Å²) < 4.78 is 7.60. The molecule has 9 heteroatoms. The van der Waals surface area contributed by atoms with Crippen LogP contribution >= 0.6 is 11.8 Å². The van der Waals surface area contributed by atoms with E-state index in [9.17, 15) is 9.59 Å². The van der Waals surface area contributed by atoms with Crippen LogP contribution < -0.4 is 11.1 Å². The summed E-state index contributed by atoms with van der Waals surface area (Å²) in [6.45, 7) is 5.58. The SMILES string of the molecule is CSc1ncc2c(n1)-c1c(c(C(N)=O)cn1C1CCC(NC(=O)OC(C)(C)C)CC1)CC2. The van der Waals surface area contributed by atoms with E-state index in [0.29, 0.717) is 5.56 Å². The van der Waals surface area contributed by atoms with Crippen LogP contribution in [0.5, 0.6) is 0 Å². The second-order valence-corrected chi connectivity index (χ2v) is 10.3. The molecular weight excluding hydrogens is 426 g/mol. The molecule has 0 aromatic carbocycles. The first-order valence-electron chi connectivity index (χ1n) is 11.1. The Morgan fingerprint density at radius 3 is 2.56 bits per heavy atom. The van der Waals surface area contributed by atoms with Crippen LogP contribution in [0.25, 0.3) is 11.4 Å². The van der Waals surface area contributed by atoms with Crippen LogP contribution in [-0.2, 0) is 17.6 Å². The largest absolute Gasteiger partial charge is 0.444 e. The Bertz CT molecular complexity index is 1030. The van der Waals surface area contributed by atoms with Crippen LogP contribution in [0.2, 0.25) is 0 Å². The predicted octanol–water partition coefficient (Wildman–Crippen LogP) is 3.87. The van der Waals surface area contributed by atoms with Gasteiger partial charge in [0.25, 0.3) is 5.91 Å². The lowest BCUT2D eigenvalue weighted by atomic mass is 9.89. The van der Waals surface area contributed by atoms with Gasteiger partial charge in [-0.25, -0.2) is 14.8 Å². The quantitative estimate of drug-likeness (QED) is 0.532. The normalized spacial score (nSPS) is 20.2. The number of aryl methyl sites for hydroxylation is 1. The van der Waals surface area contributed by atoms with Gasteiger partial charge in [0, 0.05) is 24.5 Å². The Balaban J connectivity index is 1.58. The van der Waals surface area contributed by atoms with Crippen molar-refractivity contribution in [3.8, 4) is 11.4 Å². The molecule has 0 saturated heterocycles. The Morgan fingerprint density at radius 1 is 1.22 bits per heavy atom. The molecule has 2 aromatic heterocycles. The number of amides is 2. The first-order valence-corrected chi connectivity index (χ1v) is 12.3. The molecule has 1 saturated carbocycles. The van der Waals surface area contributed by atoms with E-state index in [1.54, 1.807) is 0 Å². The fourth-order valence-corrected chi connectivity index (χ4v) is 5.03. The molecule has 2 aliphatic carbocycles. The number of nitrogens with zero attached hydrogens (tertiary/aromatic N) is 3. The van der Waals surface area contributed by atoms with Gasteiger partial charge in [-0.3, -0.25) is 4.79 Å². The summed E-state index contributed by atoms with van der Waals surface area (Å²) >= 11 is 1.51. The zero-order valence-electron chi connectivity index (χ0n) is 19.1. The van der Waals surface area contributed by atoms with E-state index in [4.69, 9.17) is 15.5 Å². The summed E-state index contributed by atoms with van der Waals surface area (Å²) in [6, 6.07) is 0.299. The van der Waals surface area contributed by atoms with E-state index in [1.165, 1.54) is 11.8 Å². The first kappa shape index (κ1) is 22.6. The summed E-state index contributed by atoms with van der Waals surface area (Å²) in [7, 11) is 0. The summed E-state index contributed by atoms with van der Waals surface area (Å²) in [5.41, 5.74) is 9.81. The molecule has 1 fully saturated rings. The van der Waals surface area contributed by atoms with Crippen LogP contribution in [0.3, 0.4) is 0 Å². The molecule has 0 radical (unpaired) electrons. The number of aromatic nitrogens is 3. The lowest BCUT2D eigenvalue weighted by Gasteiger charge is -2.32. The number of primary amides is 1. The number of nitrogens with one attached hydrogen (secondary N) is 1. The predicted molar refractivity (Wildman–Crippen MR) is 124 cm³/mol. The van der Waals surface area contributed by atoms with Gasteiger partial charge >= 0.3 is 6.09 Å². The molecule has 2 aromatic rings. The molecule has 2 heterocycles. The smallest absolute Gasteiger partial charge is 0.407 e. The monoisotopic (exact) mass is 457 g/mol. The average molecular weight is 458 g/mol. The van der Waals surface area contributed by atoms with Crippen LogP contribution in [0.4, 0.5) is 4.79 Å². The van der Waals surface area contributed by atoms with Crippen molar-refractivity contribution in [2.75, 3.05) is 6.26 Å². The minimum Gasteiger partial charge on any atom is -0.444 e. The summed E-state index contributed by atoms with van der Waals surface area (Å²) in [5.74, 6) is -0.400. The van der Waals surface area contributed by atoms with Crippen molar-refractivity contribution in [2.24, 2.45) is 5.73 Å². The number of fused-ring (bicyclic) bond motifs is 3. The van der Waals surface area contributed by atoms with E-state index in [1.807, 2.05) is 39.4 Å². The van der Waals surface area contributed by atoms with Crippen LogP contribution in [-0.4, -0.2) is 44.4 Å². The molecule has 8 nitrogen and oxygen atoms in total. The van der Waals surface area contributed by atoms with E-state index in [2.05, 4.69) is 14.9 Å². The highest BCUT2D eigenvalue weighted by molar-refractivity contribution is 7.98. The lowest BCUT2D eigenvalue weighted by Crippen LogP contribution is -2.41. The van der Waals surface area contributed by atoms with E-state index in [-0.39, 0.29) is 18.2 Å². The van der Waals surface area contributed by atoms with E-state index in [0.717, 1.165) is 66.2 Å². The Labute approximate surface area is 192 Å². The van der Waals surface area contributed by atoms with Crippen molar-refractivity contribution in [1.82, 2.24) is 19.9 Å². The lowest BCUT2D eigenvalue weighted by molar-refractivity contribution is 0.0488. The molecule has 4 rings (SSSR count). The first-order chi connectivity index (χ1) is 15.2. The van der Waals surface area contributed by atoms with Crippen molar-refractivity contribution in [1.29, 1.82) is 0 Å². The average Bonchev–Trinajstić information content (AvgIpc) is 3.13. The van der Waals surface area contributed by atoms with Gasteiger partial charge in [-0.2, -0.15) is 0 Å². The molecular formula is C23H31N5O3S. The maximum atomic E-state index is 12.2. The van der Waals surface area contributed by atoms with Crippen molar-refractivity contribution in [3.63, 3.8) is 0 Å². The third kappa shape index (κ3) is 4.62. The molecule has 3 N–H and O–H groups in total. The fraction of sp³-hybridized carbons (Fsp3) is 0.565. The van der Waals surface area contributed by atoms with Crippen LogP contribution in [0.1, 0.15) is 74.0 Å². The zero-order chi connectivity index (χ0) is 23.0. The molecule has 0 unspecified atom stereocenters. The van der Waals surface area contributed by atoms with E-state index < -0.39 is 11.5 Å². The molecule has 32 heavy (non-hydrogen) atoms. The van der Waals surface area contributed by atoms with Gasteiger partial charge in [0.05, 0.1) is 17.0 Å². The van der Waals surface area contributed by atoms with Gasteiger partial charge < -0.3 is 20.4 Å². The molecule has 0 aliphatic heterocycles. The number of nitrogens with two attached hydrogens (primary N) is 1. The van der Waals surface area contributed by atoms with Gasteiger partial charge in [-0.15, -0.1) is 0 Å². The van der Waals surface area contributed by atoms with Crippen molar-refractivity contribution in [2.45, 2.75) is 82.1 Å². The van der Waals surface area contributed by atoms with Crippen LogP contribution in [0, 0.1) is 0 Å². The third-order valence-electron chi connectivity index (χ3n) is 6.11. The highest BCUT2D eigenvalue weighted by Crippen LogP contribution is 2.40. The Kier molecular flexibility index (Phi) is 6.20. The number of alkyl carbamates (subject to hydrolysis) is 1. The van der Waals surface area contributed by atoms with Gasteiger partial charge in [-0.1, -0.05) is 11.8 Å². The Morgan fingerprint density at radius 2 is 1.94 bits per heavy atom. The zero-order valence-corrected chi connectivity index (χ0v) is 19.9.